The standard InChI is InChI=1S/C23H26FN3O6S.ClH/c1-27-21(28)23(26-22(27)25,15-6-8-32-9-7-15)16-4-5-20(24)19(12-16)14-10-17(31-2)13-18(11-14)33-34(3,29)30;/h4-5,10-13,15H,6-9H2,1-3H3,(H2,25,26);1H. The van der Waals surface area contributed by atoms with E-state index in [1.807, 2.05) is 0 Å². The molecule has 0 saturated carbocycles. The molecule has 2 heterocycles. The Bertz CT molecular complexity index is 1270. The Balaban J connectivity index is 0.00000342. The van der Waals surface area contributed by atoms with E-state index in [0.717, 1.165) is 6.26 Å². The molecule has 0 spiro atoms. The van der Waals surface area contributed by atoms with Crippen molar-refractivity contribution in [1.82, 2.24) is 4.90 Å². The van der Waals surface area contributed by atoms with Gasteiger partial charge < -0.3 is 19.4 Å². The number of ether oxygens (including phenoxy) is 2. The molecule has 2 aliphatic heterocycles. The number of hydrogen-bond donors (Lipinski definition) is 1. The summed E-state index contributed by atoms with van der Waals surface area (Å²) < 4.78 is 54.1. The molecule has 2 aromatic rings. The van der Waals surface area contributed by atoms with Crippen LogP contribution < -0.4 is 14.7 Å². The van der Waals surface area contributed by atoms with Gasteiger partial charge in [-0.2, -0.15) is 8.42 Å². The van der Waals surface area contributed by atoms with E-state index in [0.29, 0.717) is 37.2 Å². The molecule has 190 valence electrons. The number of likely N-dealkylation sites (N-methyl/N-ethyl adjacent to an activating group) is 1. The summed E-state index contributed by atoms with van der Waals surface area (Å²) in [7, 11) is -0.857. The van der Waals surface area contributed by atoms with Gasteiger partial charge in [-0.1, -0.05) is 6.07 Å². The molecule has 2 N–H and O–H groups in total. The Labute approximate surface area is 209 Å². The van der Waals surface area contributed by atoms with Crippen molar-refractivity contribution in [2.75, 3.05) is 33.6 Å². The average Bonchev–Trinajstić information content (AvgIpc) is 3.03. The summed E-state index contributed by atoms with van der Waals surface area (Å²) in [4.78, 5) is 19.4. The van der Waals surface area contributed by atoms with Crippen LogP contribution >= 0.6 is 12.4 Å². The fourth-order valence-corrected chi connectivity index (χ4v) is 4.97. The molecule has 1 saturated heterocycles. The Morgan fingerprint density at radius 2 is 1.83 bits per heavy atom. The highest BCUT2D eigenvalue weighted by molar-refractivity contribution is 7.86. The summed E-state index contributed by atoms with van der Waals surface area (Å²) in [6.07, 6.45) is 2.10. The van der Waals surface area contributed by atoms with Crippen molar-refractivity contribution >= 4 is 34.4 Å². The van der Waals surface area contributed by atoms with Crippen molar-refractivity contribution in [3.05, 3.63) is 47.8 Å². The normalized spacial score (nSPS) is 20.9. The molecule has 0 aliphatic carbocycles. The van der Waals surface area contributed by atoms with Crippen molar-refractivity contribution in [2.24, 2.45) is 16.6 Å². The lowest BCUT2D eigenvalue weighted by molar-refractivity contribution is -0.134. The number of halogens is 2. The van der Waals surface area contributed by atoms with Crippen LogP contribution in [0.5, 0.6) is 11.5 Å². The smallest absolute Gasteiger partial charge is 0.306 e. The van der Waals surface area contributed by atoms with Crippen LogP contribution in [0.15, 0.2) is 41.4 Å². The summed E-state index contributed by atoms with van der Waals surface area (Å²) in [6, 6.07) is 8.69. The average molecular weight is 528 g/mol. The number of nitrogens with two attached hydrogens (primary N) is 1. The van der Waals surface area contributed by atoms with E-state index in [1.54, 1.807) is 19.2 Å². The van der Waals surface area contributed by atoms with E-state index in [4.69, 9.17) is 19.4 Å². The van der Waals surface area contributed by atoms with Gasteiger partial charge in [-0.3, -0.25) is 9.69 Å². The minimum Gasteiger partial charge on any atom is -0.497 e. The number of carbonyl (C=O) groups excluding carboxylic acids is 1. The topological polar surface area (TPSA) is 121 Å². The van der Waals surface area contributed by atoms with E-state index in [-0.39, 0.29) is 47.3 Å². The van der Waals surface area contributed by atoms with Gasteiger partial charge in [-0.25, -0.2) is 9.38 Å². The fraction of sp³-hybridized carbons (Fsp3) is 0.391. The number of nitrogens with zero attached hydrogens (tertiary/aromatic N) is 2. The van der Waals surface area contributed by atoms with Crippen LogP contribution in [0, 0.1) is 11.7 Å². The van der Waals surface area contributed by atoms with Gasteiger partial charge in [0.15, 0.2) is 11.5 Å². The van der Waals surface area contributed by atoms with Gasteiger partial charge in [-0.05, 0) is 48.2 Å². The van der Waals surface area contributed by atoms with Crippen LogP contribution in [0.1, 0.15) is 18.4 Å². The van der Waals surface area contributed by atoms with Gasteiger partial charge in [0.25, 0.3) is 5.91 Å². The maximum atomic E-state index is 15.1. The number of amides is 1. The first-order valence-electron chi connectivity index (χ1n) is 10.7. The summed E-state index contributed by atoms with van der Waals surface area (Å²) in [6.45, 7) is 0.962. The molecule has 0 aromatic heterocycles. The summed E-state index contributed by atoms with van der Waals surface area (Å²) in [5.74, 6) is -0.710. The van der Waals surface area contributed by atoms with Gasteiger partial charge in [-0.15, -0.1) is 12.4 Å². The molecule has 1 fully saturated rings. The predicted octanol–water partition coefficient (Wildman–Crippen LogP) is 2.67. The van der Waals surface area contributed by atoms with Crippen molar-refractivity contribution in [1.29, 1.82) is 0 Å². The quantitative estimate of drug-likeness (QED) is 0.573. The van der Waals surface area contributed by atoms with Crippen molar-refractivity contribution in [3.8, 4) is 22.6 Å². The lowest BCUT2D eigenvalue weighted by atomic mass is 9.73. The number of carbonyl (C=O) groups is 1. The molecule has 9 nitrogen and oxygen atoms in total. The first-order chi connectivity index (χ1) is 16.0. The van der Waals surface area contributed by atoms with Crippen molar-refractivity contribution in [3.63, 3.8) is 0 Å². The number of guanidine groups is 1. The van der Waals surface area contributed by atoms with Crippen LogP contribution in [-0.4, -0.2) is 58.8 Å². The molecule has 0 radical (unpaired) electrons. The maximum absolute atomic E-state index is 15.1. The van der Waals surface area contributed by atoms with E-state index in [1.165, 1.54) is 36.3 Å². The Morgan fingerprint density at radius 1 is 1.17 bits per heavy atom. The van der Waals surface area contributed by atoms with E-state index >= 15 is 4.39 Å². The van der Waals surface area contributed by atoms with Crippen LogP contribution in [0.2, 0.25) is 0 Å². The van der Waals surface area contributed by atoms with Gasteiger partial charge in [0.2, 0.25) is 0 Å². The molecular weight excluding hydrogens is 501 g/mol. The second-order valence-corrected chi connectivity index (χ2v) is 9.94. The first kappa shape index (κ1) is 26.7. The highest BCUT2D eigenvalue weighted by atomic mass is 35.5. The summed E-state index contributed by atoms with van der Waals surface area (Å²) in [5.41, 5.74) is 5.67. The van der Waals surface area contributed by atoms with Gasteiger partial charge >= 0.3 is 10.1 Å². The van der Waals surface area contributed by atoms with E-state index in [9.17, 15) is 13.2 Å². The highest BCUT2D eigenvalue weighted by Crippen LogP contribution is 2.45. The second kappa shape index (κ2) is 10.00. The Morgan fingerprint density at radius 3 is 2.40 bits per heavy atom. The molecule has 1 amide bonds. The predicted molar refractivity (Wildman–Crippen MR) is 131 cm³/mol. The number of benzene rings is 2. The van der Waals surface area contributed by atoms with E-state index < -0.39 is 21.5 Å². The molecule has 4 rings (SSSR count). The Kier molecular flexibility index (Phi) is 7.63. The van der Waals surface area contributed by atoms with Crippen LogP contribution in [-0.2, 0) is 25.2 Å². The van der Waals surface area contributed by atoms with Gasteiger partial charge in [0.05, 0.1) is 13.4 Å². The zero-order valence-electron chi connectivity index (χ0n) is 19.5. The molecule has 1 unspecified atom stereocenters. The molecule has 12 heteroatoms. The SMILES string of the molecule is COc1cc(OS(C)(=O)=O)cc(-c2cc(C3(C4CCOCC4)N=C(N)N(C)C3=O)ccc2F)c1.Cl. The van der Waals surface area contributed by atoms with Crippen LogP contribution in [0.3, 0.4) is 0 Å². The lowest BCUT2D eigenvalue weighted by Crippen LogP contribution is -2.46. The molecule has 35 heavy (non-hydrogen) atoms. The summed E-state index contributed by atoms with van der Waals surface area (Å²) in [5, 5.41) is 0. The largest absolute Gasteiger partial charge is 0.497 e. The molecular formula is C23H27ClFN3O6S. The zero-order valence-corrected chi connectivity index (χ0v) is 21.1. The van der Waals surface area contributed by atoms with Crippen LogP contribution in [0.4, 0.5) is 4.39 Å². The maximum Gasteiger partial charge on any atom is 0.306 e. The minimum atomic E-state index is -3.82. The minimum absolute atomic E-state index is 0. The highest BCUT2D eigenvalue weighted by Gasteiger charge is 2.53. The van der Waals surface area contributed by atoms with Crippen LogP contribution in [0.25, 0.3) is 11.1 Å². The number of aliphatic imine (C=N–C) groups is 1. The van der Waals surface area contributed by atoms with Crippen molar-refractivity contribution in [2.45, 2.75) is 18.4 Å². The molecule has 2 aliphatic rings. The Hall–Kier alpha value is -2.89. The molecule has 0 bridgehead atoms. The van der Waals surface area contributed by atoms with Gasteiger partial charge in [0.1, 0.15) is 17.3 Å². The third-order valence-electron chi connectivity index (χ3n) is 6.16. The number of rotatable bonds is 6. The lowest BCUT2D eigenvalue weighted by Gasteiger charge is -2.36. The fourth-order valence-electron chi connectivity index (χ4n) is 4.52. The third kappa shape index (κ3) is 5.07. The second-order valence-electron chi connectivity index (χ2n) is 8.37. The van der Waals surface area contributed by atoms with Crippen molar-refractivity contribution < 1.29 is 31.3 Å². The van der Waals surface area contributed by atoms with Gasteiger partial charge in [0, 0.05) is 37.8 Å². The molecule has 2 aromatic carbocycles. The molecule has 1 atom stereocenters. The number of hydrogen-bond acceptors (Lipinski definition) is 8. The first-order valence-corrected chi connectivity index (χ1v) is 12.5. The monoisotopic (exact) mass is 527 g/mol. The summed E-state index contributed by atoms with van der Waals surface area (Å²) >= 11 is 0. The zero-order chi connectivity index (χ0) is 24.7. The third-order valence-corrected chi connectivity index (χ3v) is 6.65. The van der Waals surface area contributed by atoms with E-state index in [2.05, 4.69) is 4.99 Å². The number of methoxy groups -OCH3 is 1.